The number of carboxylic acids is 1. The Morgan fingerprint density at radius 2 is 1.63 bits per heavy atom. The van der Waals surface area contributed by atoms with E-state index in [9.17, 15) is 19.5 Å². The van der Waals surface area contributed by atoms with Gasteiger partial charge in [-0.3, -0.25) is 19.1 Å². The van der Waals surface area contributed by atoms with Crippen LogP contribution in [0.15, 0.2) is 24.4 Å². The molecule has 204 valence electrons. The average Bonchev–Trinajstić information content (AvgIpc) is 3.24. The van der Waals surface area contributed by atoms with Gasteiger partial charge in [-0.2, -0.15) is 5.10 Å². The Balaban J connectivity index is 1.39. The van der Waals surface area contributed by atoms with Gasteiger partial charge in [-0.1, -0.05) is 54.7 Å². The van der Waals surface area contributed by atoms with Crippen LogP contribution in [0.2, 0.25) is 15.2 Å². The number of carboxylic acid groups (broad SMARTS) is 1. The van der Waals surface area contributed by atoms with Crippen LogP contribution in [-0.4, -0.2) is 50.0 Å². The lowest BCUT2D eigenvalue weighted by atomic mass is 9.74. The second-order valence-electron chi connectivity index (χ2n) is 12.0. The van der Waals surface area contributed by atoms with Crippen LogP contribution in [0.3, 0.4) is 0 Å². The van der Waals surface area contributed by atoms with Crippen LogP contribution in [0.5, 0.6) is 0 Å². The number of rotatable bonds is 7. The molecule has 0 aliphatic heterocycles. The maximum atomic E-state index is 14.0. The van der Waals surface area contributed by atoms with Gasteiger partial charge in [-0.25, -0.2) is 0 Å². The van der Waals surface area contributed by atoms with E-state index in [2.05, 4.69) is 18.9 Å². The van der Waals surface area contributed by atoms with Crippen LogP contribution in [-0.2, 0) is 4.79 Å². The van der Waals surface area contributed by atoms with Crippen LogP contribution in [0.25, 0.3) is 0 Å². The summed E-state index contributed by atoms with van der Waals surface area (Å²) in [6.45, 7) is 6.10. The minimum absolute atomic E-state index is 0.0894. The highest BCUT2D eigenvalue weighted by Crippen LogP contribution is 2.67. The summed E-state index contributed by atoms with van der Waals surface area (Å²) < 4.78 is 1.64. The molecule has 3 fully saturated rings. The molecule has 0 radical (unpaired) electrons. The zero-order chi connectivity index (χ0) is 27.6. The van der Waals surface area contributed by atoms with Gasteiger partial charge in [-0.05, 0) is 74.8 Å². The first-order valence-corrected chi connectivity index (χ1v) is 14.2. The Kier molecular flexibility index (Phi) is 7.11. The Labute approximate surface area is 237 Å². The Hall–Kier alpha value is -2.09. The quantitative estimate of drug-likeness (QED) is 0.363. The summed E-state index contributed by atoms with van der Waals surface area (Å²) in [7, 11) is 0. The summed E-state index contributed by atoms with van der Waals surface area (Å²) in [4.78, 5) is 40.6. The van der Waals surface area contributed by atoms with Crippen molar-refractivity contribution in [3.05, 3.63) is 50.7 Å². The molecule has 3 atom stereocenters. The van der Waals surface area contributed by atoms with Gasteiger partial charge in [-0.15, -0.1) is 0 Å². The monoisotopic (exact) mass is 579 g/mol. The SMILES string of the molecule is CC1(C)[C@@H]2C[C@@H](N(CC(=O)c3c(Cl)cccc3Cl)C(=O)c3cnn([C@H]4CC[C@](C)(C(=O)O)CC4)c3Cl)C[C@@H]21. The minimum Gasteiger partial charge on any atom is -0.481 e. The first-order chi connectivity index (χ1) is 17.8. The highest BCUT2D eigenvalue weighted by molar-refractivity contribution is 6.40. The number of nitrogens with zero attached hydrogens (tertiary/aromatic N) is 3. The van der Waals surface area contributed by atoms with Gasteiger partial charge in [0.2, 0.25) is 0 Å². The Bertz CT molecular complexity index is 1260. The Morgan fingerprint density at radius 3 is 2.18 bits per heavy atom. The predicted molar refractivity (Wildman–Crippen MR) is 146 cm³/mol. The van der Waals surface area contributed by atoms with Gasteiger partial charge >= 0.3 is 5.97 Å². The molecule has 0 bridgehead atoms. The fourth-order valence-electron chi connectivity index (χ4n) is 6.69. The third-order valence-corrected chi connectivity index (χ3v) is 10.5. The van der Waals surface area contributed by atoms with E-state index >= 15 is 0 Å². The fraction of sp³-hybridized carbons (Fsp3) is 0.571. The number of ketones is 1. The maximum Gasteiger partial charge on any atom is 0.309 e. The third-order valence-electron chi connectivity index (χ3n) is 9.48. The first kappa shape index (κ1) is 27.5. The topological polar surface area (TPSA) is 92.5 Å². The summed E-state index contributed by atoms with van der Waals surface area (Å²) in [5.41, 5.74) is -0.0446. The summed E-state index contributed by atoms with van der Waals surface area (Å²) in [6, 6.07) is 4.71. The molecule has 1 amide bonds. The number of hydrogen-bond acceptors (Lipinski definition) is 4. The number of carbonyl (C=O) groups is 3. The summed E-state index contributed by atoms with van der Waals surface area (Å²) >= 11 is 19.3. The average molecular weight is 581 g/mol. The van der Waals surface area contributed by atoms with E-state index in [1.165, 1.54) is 6.20 Å². The van der Waals surface area contributed by atoms with Gasteiger partial charge in [0.15, 0.2) is 5.78 Å². The lowest BCUT2D eigenvalue weighted by molar-refractivity contribution is -0.150. The van der Waals surface area contributed by atoms with E-state index < -0.39 is 11.4 Å². The number of halogens is 3. The molecule has 7 nitrogen and oxygen atoms in total. The maximum absolute atomic E-state index is 14.0. The molecule has 3 saturated carbocycles. The van der Waals surface area contributed by atoms with Gasteiger partial charge in [0.25, 0.3) is 5.91 Å². The largest absolute Gasteiger partial charge is 0.481 e. The van der Waals surface area contributed by atoms with Crippen molar-refractivity contribution in [2.75, 3.05) is 6.54 Å². The highest BCUT2D eigenvalue weighted by atomic mass is 35.5. The molecular formula is C28H32Cl3N3O4. The van der Waals surface area contributed by atoms with Gasteiger partial charge in [0, 0.05) is 6.04 Å². The number of benzene rings is 1. The molecule has 1 aromatic carbocycles. The number of hydrogen-bond donors (Lipinski definition) is 1. The molecule has 1 heterocycles. The molecule has 1 N–H and O–H groups in total. The number of fused-ring (bicyclic) bond motifs is 1. The van der Waals surface area contributed by atoms with Crippen molar-refractivity contribution in [2.45, 2.75) is 71.4 Å². The zero-order valence-corrected chi connectivity index (χ0v) is 24.0. The zero-order valence-electron chi connectivity index (χ0n) is 21.7. The number of carbonyl (C=O) groups excluding carboxylic acids is 2. The fourth-order valence-corrected chi connectivity index (χ4v) is 7.61. The van der Waals surface area contributed by atoms with Crippen LogP contribution in [0.1, 0.15) is 86.1 Å². The van der Waals surface area contributed by atoms with Crippen LogP contribution >= 0.6 is 34.8 Å². The second kappa shape index (κ2) is 9.83. The van der Waals surface area contributed by atoms with Crippen LogP contribution in [0, 0.1) is 22.7 Å². The van der Waals surface area contributed by atoms with Crippen molar-refractivity contribution >= 4 is 52.5 Å². The lowest BCUT2D eigenvalue weighted by Gasteiger charge is -2.34. The summed E-state index contributed by atoms with van der Waals surface area (Å²) in [5.74, 6) is -0.419. The van der Waals surface area contributed by atoms with Crippen molar-refractivity contribution < 1.29 is 19.5 Å². The van der Waals surface area contributed by atoms with Crippen LogP contribution in [0.4, 0.5) is 0 Å². The summed E-state index contributed by atoms with van der Waals surface area (Å²) in [6.07, 6.45) is 5.34. The number of Topliss-reactive ketones (excluding diaryl/α,β-unsaturated/α-hetero) is 1. The standard InChI is InChI=1S/C28H32Cl3N3O4/c1-27(2)18-11-16(12-19(18)27)33(14-22(35)23-20(29)5-4-6-21(23)30)25(36)17-13-32-34(24(17)31)15-7-9-28(3,10-8-15)26(37)38/h4-6,13,15-16,18-19H,7-12,14H2,1-3H3,(H,37,38)/t15-,16-,18-,19+,28-. The van der Waals surface area contributed by atoms with Gasteiger partial charge in [0.05, 0.1) is 45.4 Å². The van der Waals surface area contributed by atoms with Crippen molar-refractivity contribution in [2.24, 2.45) is 22.7 Å². The van der Waals surface area contributed by atoms with Gasteiger partial charge < -0.3 is 10.0 Å². The molecule has 3 aliphatic carbocycles. The number of aliphatic carboxylic acids is 1. The van der Waals surface area contributed by atoms with Crippen molar-refractivity contribution in [1.29, 1.82) is 0 Å². The molecule has 5 rings (SSSR count). The molecule has 0 spiro atoms. The smallest absolute Gasteiger partial charge is 0.309 e. The van der Waals surface area contributed by atoms with E-state index in [1.807, 2.05) is 0 Å². The highest BCUT2D eigenvalue weighted by Gasteiger charge is 2.63. The molecule has 3 aliphatic rings. The van der Waals surface area contributed by atoms with Crippen LogP contribution < -0.4 is 0 Å². The van der Waals surface area contributed by atoms with Crippen molar-refractivity contribution in [3.8, 4) is 0 Å². The number of aromatic nitrogens is 2. The third kappa shape index (κ3) is 4.65. The van der Waals surface area contributed by atoms with E-state index in [4.69, 9.17) is 34.8 Å². The minimum atomic E-state index is -0.796. The second-order valence-corrected chi connectivity index (χ2v) is 13.2. The molecule has 1 aromatic heterocycles. The van der Waals surface area contributed by atoms with E-state index in [0.29, 0.717) is 37.5 Å². The Morgan fingerprint density at radius 1 is 1.05 bits per heavy atom. The lowest BCUT2D eigenvalue weighted by Crippen LogP contribution is -2.43. The molecule has 0 unspecified atom stereocenters. The number of amides is 1. The van der Waals surface area contributed by atoms with Gasteiger partial charge in [0.1, 0.15) is 5.15 Å². The predicted octanol–water partition coefficient (Wildman–Crippen LogP) is 6.81. The first-order valence-electron chi connectivity index (χ1n) is 13.1. The van der Waals surface area contributed by atoms with Crippen molar-refractivity contribution in [1.82, 2.24) is 14.7 Å². The molecule has 2 aromatic rings. The molecule has 38 heavy (non-hydrogen) atoms. The summed E-state index contributed by atoms with van der Waals surface area (Å²) in [5, 5.41) is 14.7. The van der Waals surface area contributed by atoms with E-state index in [1.54, 1.807) is 34.7 Å². The molecule has 0 saturated heterocycles. The normalized spacial score (nSPS) is 29.5. The van der Waals surface area contributed by atoms with E-state index in [0.717, 1.165) is 12.8 Å². The molecular weight excluding hydrogens is 549 g/mol. The van der Waals surface area contributed by atoms with E-state index in [-0.39, 0.29) is 62.1 Å². The van der Waals surface area contributed by atoms with Crippen molar-refractivity contribution in [3.63, 3.8) is 0 Å². The molecule has 10 heteroatoms.